The summed E-state index contributed by atoms with van der Waals surface area (Å²) in [4.78, 5) is 20.9. The van der Waals surface area contributed by atoms with E-state index >= 15 is 4.39 Å². The zero-order chi connectivity index (χ0) is 47.8. The average Bonchev–Trinajstić information content (AvgIpc) is 4.15. The van der Waals surface area contributed by atoms with Crippen molar-refractivity contribution in [1.29, 1.82) is 0 Å². The van der Waals surface area contributed by atoms with Crippen LogP contribution in [0.2, 0.25) is 5.28 Å². The van der Waals surface area contributed by atoms with Gasteiger partial charge in [0.2, 0.25) is 11.2 Å². The number of nitrogens with one attached hydrogen (secondary N) is 3. The largest absolute Gasteiger partial charge is 0.396 e. The van der Waals surface area contributed by atoms with Gasteiger partial charge in [-0.25, -0.2) is 27.5 Å². The van der Waals surface area contributed by atoms with E-state index in [4.69, 9.17) is 17.3 Å². The molecule has 0 bridgehead atoms. The topological polar surface area (TPSA) is 207 Å². The predicted octanol–water partition coefficient (Wildman–Crippen LogP) is 7.58. The Labute approximate surface area is 401 Å². The third-order valence-electron chi connectivity index (χ3n) is 14.0. The minimum absolute atomic E-state index is 0.0807. The van der Waals surface area contributed by atoms with Crippen molar-refractivity contribution in [2.45, 2.75) is 127 Å². The van der Waals surface area contributed by atoms with Gasteiger partial charge in [0, 0.05) is 37.3 Å². The molecule has 8 heterocycles. The van der Waals surface area contributed by atoms with Gasteiger partial charge in [-0.15, -0.1) is 10.2 Å². The van der Waals surface area contributed by atoms with E-state index in [0.717, 1.165) is 106 Å². The van der Waals surface area contributed by atoms with Crippen LogP contribution in [0, 0.1) is 37.1 Å². The highest BCUT2D eigenvalue weighted by atomic mass is 35.5. The molecule has 6 aromatic rings. The van der Waals surface area contributed by atoms with Gasteiger partial charge in [0.05, 0.1) is 35.1 Å². The van der Waals surface area contributed by atoms with Gasteiger partial charge >= 0.3 is 0 Å². The number of fused-ring (bicyclic) bond motifs is 2. The second kappa shape index (κ2) is 20.1. The minimum Gasteiger partial charge on any atom is -0.396 e. The standard InChI is InChI=1S/C23H27F2N9.C12H16ClFN4.C11H12FN5/c1-13-30-31-32-34(13)21-11-20(18(24)10-17(21)14-4-5-14)28-23-26-12-19(25)22(29-23)27-15-6-8-33-7-2-3-16(33)9-15;13-12-15-7-10(14)11(17-12)16-8-3-5-18-4-1-2-9(18)6-8;1-6-14-15-16-17(6)11-5-10(13)9(12)4-8(11)7-2-3-7/h10-12,14-16H,2-9H2,1H3,(H2,26,27,28,29);7-9H,1-6H2,(H,15,16,17);4-5,7H,2-3,13H2,1H3. The fraction of sp³-hybridized carbons (Fsp3) is 0.522. The van der Waals surface area contributed by atoms with E-state index in [1.165, 1.54) is 44.4 Å². The quantitative estimate of drug-likeness (QED) is 0.0593. The fourth-order valence-corrected chi connectivity index (χ4v) is 10.3. The number of halogens is 5. The lowest BCUT2D eigenvalue weighted by molar-refractivity contribution is 0.187. The van der Waals surface area contributed by atoms with Crippen LogP contribution in [0.4, 0.5) is 46.5 Å². The van der Waals surface area contributed by atoms with Crippen LogP contribution in [-0.2, 0) is 0 Å². The molecular formula is C46H55ClF4N18. The molecule has 23 heteroatoms. The molecule has 4 unspecified atom stereocenters. The number of piperidine rings is 2. The van der Waals surface area contributed by atoms with E-state index in [0.29, 0.717) is 35.6 Å². The van der Waals surface area contributed by atoms with Gasteiger partial charge in [-0.3, -0.25) is 0 Å². The van der Waals surface area contributed by atoms with E-state index in [-0.39, 0.29) is 52.1 Å². The van der Waals surface area contributed by atoms with Crippen LogP contribution in [0.3, 0.4) is 0 Å². The first-order valence-electron chi connectivity index (χ1n) is 23.9. The highest BCUT2D eigenvalue weighted by molar-refractivity contribution is 6.28. The molecule has 0 radical (unpaired) electrons. The van der Waals surface area contributed by atoms with Crippen LogP contribution in [-0.4, -0.2) is 120 Å². The summed E-state index contributed by atoms with van der Waals surface area (Å²) in [5.41, 5.74) is 9.24. The second-order valence-electron chi connectivity index (χ2n) is 18.9. The smallest absolute Gasteiger partial charge is 0.229 e. The molecule has 4 aliphatic heterocycles. The van der Waals surface area contributed by atoms with Crippen molar-refractivity contribution in [3.8, 4) is 11.4 Å². The molecule has 0 amide bonds. The summed E-state index contributed by atoms with van der Waals surface area (Å²) in [7, 11) is 0. The molecule has 364 valence electrons. The van der Waals surface area contributed by atoms with Gasteiger partial charge in [-0.05, 0) is 184 Å². The highest BCUT2D eigenvalue weighted by Crippen LogP contribution is 2.45. The van der Waals surface area contributed by atoms with Gasteiger partial charge in [-0.2, -0.15) is 19.3 Å². The Morgan fingerprint density at radius 3 is 1.67 bits per heavy atom. The third kappa shape index (κ3) is 10.7. The summed E-state index contributed by atoms with van der Waals surface area (Å²) >= 11 is 5.69. The number of nitrogens with zero attached hydrogens (tertiary/aromatic N) is 14. The first-order valence-corrected chi connectivity index (χ1v) is 24.2. The number of hydrogen-bond acceptors (Lipinski definition) is 16. The second-order valence-corrected chi connectivity index (χ2v) is 19.2. The van der Waals surface area contributed by atoms with Crippen LogP contribution in [0.25, 0.3) is 11.4 Å². The van der Waals surface area contributed by atoms with Crippen molar-refractivity contribution in [2.75, 3.05) is 47.9 Å². The third-order valence-corrected chi connectivity index (χ3v) is 14.2. The van der Waals surface area contributed by atoms with Crippen LogP contribution < -0.4 is 21.7 Å². The number of rotatable bonds is 10. The molecule has 69 heavy (non-hydrogen) atoms. The summed E-state index contributed by atoms with van der Waals surface area (Å²) in [6.45, 7) is 8.07. The molecule has 4 aromatic heterocycles. The summed E-state index contributed by atoms with van der Waals surface area (Å²) in [6.07, 6.45) is 15.4. The lowest BCUT2D eigenvalue weighted by atomic mass is 9.97. The lowest BCUT2D eigenvalue weighted by Gasteiger charge is -2.35. The number of hydrogen-bond donors (Lipinski definition) is 4. The monoisotopic (exact) mass is 970 g/mol. The van der Waals surface area contributed by atoms with Gasteiger partial charge < -0.3 is 31.5 Å². The molecule has 6 fully saturated rings. The van der Waals surface area contributed by atoms with Crippen molar-refractivity contribution in [2.24, 2.45) is 0 Å². The van der Waals surface area contributed by atoms with Crippen LogP contribution >= 0.6 is 11.6 Å². The molecular weight excluding hydrogens is 916 g/mol. The van der Waals surface area contributed by atoms with Crippen LogP contribution in [0.1, 0.15) is 112 Å². The van der Waals surface area contributed by atoms with Crippen molar-refractivity contribution in [3.63, 3.8) is 0 Å². The lowest BCUT2D eigenvalue weighted by Crippen LogP contribution is -2.43. The summed E-state index contributed by atoms with van der Waals surface area (Å²) in [5, 5.41) is 32.5. The molecule has 4 saturated heterocycles. The Balaban J connectivity index is 0.000000133. The summed E-state index contributed by atoms with van der Waals surface area (Å²) < 4.78 is 59.8. The average molecular weight is 972 g/mol. The van der Waals surface area contributed by atoms with E-state index in [1.807, 2.05) is 0 Å². The van der Waals surface area contributed by atoms with Gasteiger partial charge in [0.1, 0.15) is 11.6 Å². The van der Waals surface area contributed by atoms with Crippen LogP contribution in [0.5, 0.6) is 0 Å². The molecule has 2 aromatic carbocycles. The SMILES string of the molecule is Cc1nnnn1-c1cc(N)c(F)cc1C1CC1.Cc1nnnn1-c1cc(Nc2ncc(F)c(NC3CCN4CCCC4C3)n2)c(F)cc1C1CC1.Fc1cnc(Cl)nc1NC1CCN2CCCC2C1. The number of aryl methyl sites for hydroxylation is 2. The molecule has 0 spiro atoms. The van der Waals surface area contributed by atoms with Gasteiger partial charge in [0.15, 0.2) is 34.9 Å². The van der Waals surface area contributed by atoms with Crippen molar-refractivity contribution >= 4 is 40.6 Å². The Kier molecular flexibility index (Phi) is 13.6. The highest BCUT2D eigenvalue weighted by Gasteiger charge is 2.34. The summed E-state index contributed by atoms with van der Waals surface area (Å²) in [6, 6.07) is 7.94. The zero-order valence-electron chi connectivity index (χ0n) is 38.5. The number of benzene rings is 2. The van der Waals surface area contributed by atoms with Crippen molar-refractivity contribution in [3.05, 3.63) is 88.0 Å². The number of aromatic nitrogens is 12. The summed E-state index contributed by atoms with van der Waals surface area (Å²) in [5.74, 6) is 0.716. The van der Waals surface area contributed by atoms with E-state index in [9.17, 15) is 13.2 Å². The number of anilines is 5. The maximum atomic E-state index is 15.0. The van der Waals surface area contributed by atoms with Gasteiger partial charge in [0.25, 0.3) is 0 Å². The van der Waals surface area contributed by atoms with Crippen molar-refractivity contribution in [1.82, 2.24) is 70.2 Å². The molecule has 2 saturated carbocycles. The number of nitrogens with two attached hydrogens (primary N) is 1. The first kappa shape index (κ1) is 46.6. The first-order chi connectivity index (χ1) is 33.4. The Hall–Kier alpha value is -6.13. The van der Waals surface area contributed by atoms with E-state index < -0.39 is 17.5 Å². The maximum Gasteiger partial charge on any atom is 0.229 e. The van der Waals surface area contributed by atoms with Crippen molar-refractivity contribution < 1.29 is 17.6 Å². The van der Waals surface area contributed by atoms with Crippen LogP contribution in [0.15, 0.2) is 36.7 Å². The predicted molar refractivity (Wildman–Crippen MR) is 251 cm³/mol. The van der Waals surface area contributed by atoms with E-state index in [1.54, 1.807) is 35.3 Å². The Morgan fingerprint density at radius 2 is 1.13 bits per heavy atom. The van der Waals surface area contributed by atoms with E-state index in [2.05, 4.69) is 76.7 Å². The maximum absolute atomic E-state index is 15.0. The normalized spacial score (nSPS) is 22.2. The van der Waals surface area contributed by atoms with Gasteiger partial charge in [-0.1, -0.05) is 0 Å². The molecule has 2 aliphatic carbocycles. The number of tetrazole rings is 2. The minimum atomic E-state index is -0.519. The Bertz CT molecular complexity index is 2780. The molecule has 18 nitrogen and oxygen atoms in total. The molecule has 5 N–H and O–H groups in total. The zero-order valence-corrected chi connectivity index (χ0v) is 39.2. The fourth-order valence-electron chi connectivity index (χ4n) is 10.2. The molecule has 6 aliphatic rings. The molecule has 4 atom stereocenters. The number of nitrogen functional groups attached to an aromatic ring is 1. The molecule has 12 rings (SSSR count). The Morgan fingerprint density at radius 1 is 0.609 bits per heavy atom.